The van der Waals surface area contributed by atoms with Crippen LogP contribution in [0.1, 0.15) is 0 Å². The van der Waals surface area contributed by atoms with Crippen LogP contribution in [0.5, 0.6) is 17.2 Å². The first-order chi connectivity index (χ1) is 12.6. The van der Waals surface area contributed by atoms with Crippen LogP contribution in [0.4, 0.5) is 10.5 Å². The van der Waals surface area contributed by atoms with E-state index in [0.717, 1.165) is 0 Å². The lowest BCUT2D eigenvalue weighted by Gasteiger charge is -2.10. The molecule has 0 radical (unpaired) electrons. The number of carbonyl (C=O) groups is 1. The molecule has 2 N–H and O–H groups in total. The number of amides is 2. The quantitative estimate of drug-likeness (QED) is 0.758. The summed E-state index contributed by atoms with van der Waals surface area (Å²) >= 11 is 5.92. The number of hydrogen-bond donors (Lipinski definition) is 2. The molecule has 0 bridgehead atoms. The van der Waals surface area contributed by atoms with Crippen LogP contribution in [0, 0.1) is 11.8 Å². The summed E-state index contributed by atoms with van der Waals surface area (Å²) in [4.78, 5) is 11.9. The Morgan fingerprint density at radius 3 is 2.50 bits per heavy atom. The fraction of sp³-hybridized carbons (Fsp3) is 0.211. The molecule has 0 unspecified atom stereocenters. The Morgan fingerprint density at radius 1 is 1.04 bits per heavy atom. The number of anilines is 1. The second kappa shape index (κ2) is 10.1. The number of benzene rings is 2. The van der Waals surface area contributed by atoms with Crippen molar-refractivity contribution in [2.75, 3.05) is 32.7 Å². The molecule has 2 aromatic carbocycles. The van der Waals surface area contributed by atoms with Crippen molar-refractivity contribution >= 4 is 23.3 Å². The Hall–Kier alpha value is -3.04. The van der Waals surface area contributed by atoms with Gasteiger partial charge in [0.25, 0.3) is 0 Å². The van der Waals surface area contributed by atoms with E-state index >= 15 is 0 Å². The van der Waals surface area contributed by atoms with Gasteiger partial charge in [0.2, 0.25) is 0 Å². The lowest BCUT2D eigenvalue weighted by Crippen LogP contribution is -2.29. The van der Waals surface area contributed by atoms with Crippen molar-refractivity contribution < 1.29 is 19.0 Å². The largest absolute Gasteiger partial charge is 0.495 e. The number of hydrogen-bond acceptors (Lipinski definition) is 4. The van der Waals surface area contributed by atoms with Crippen molar-refractivity contribution in [3.8, 4) is 29.1 Å². The molecule has 26 heavy (non-hydrogen) atoms. The van der Waals surface area contributed by atoms with Crippen molar-refractivity contribution in [1.29, 1.82) is 0 Å². The Bertz CT molecular complexity index is 815. The number of urea groups is 1. The highest BCUT2D eigenvalue weighted by Crippen LogP contribution is 2.27. The topological polar surface area (TPSA) is 68.8 Å². The molecule has 0 saturated heterocycles. The number of carbonyl (C=O) groups excluding carboxylic acids is 1. The fourth-order valence-electron chi connectivity index (χ4n) is 2.03. The third-order valence-corrected chi connectivity index (χ3v) is 3.48. The normalized spacial score (nSPS) is 9.50. The fourth-order valence-corrected chi connectivity index (χ4v) is 2.21. The molecule has 0 spiro atoms. The standard InChI is InChI=1S/C19H19ClN2O4/c1-24-16-10-9-14(20)13-15(16)22-19(23)21-11-5-6-12-26-18-8-4-3-7-17(18)25-2/h3-4,7-10,13H,11-12H2,1-2H3,(H2,21,22,23). The molecule has 2 aromatic rings. The molecule has 0 aromatic heterocycles. The molecule has 6 nitrogen and oxygen atoms in total. The molecule has 136 valence electrons. The first kappa shape index (κ1) is 19.3. The monoisotopic (exact) mass is 374 g/mol. The number of rotatable bonds is 6. The summed E-state index contributed by atoms with van der Waals surface area (Å²) in [6.45, 7) is 0.357. The summed E-state index contributed by atoms with van der Waals surface area (Å²) in [6, 6.07) is 11.8. The molecule has 0 heterocycles. The van der Waals surface area contributed by atoms with E-state index < -0.39 is 6.03 Å². The maximum absolute atomic E-state index is 11.9. The third kappa shape index (κ3) is 5.80. The SMILES string of the molecule is COc1ccc(Cl)cc1NC(=O)NCC#CCOc1ccccc1OC. The number of methoxy groups -OCH3 is 2. The molecule has 0 saturated carbocycles. The van der Waals surface area contributed by atoms with E-state index in [4.69, 9.17) is 25.8 Å². The first-order valence-corrected chi connectivity index (χ1v) is 8.11. The average molecular weight is 375 g/mol. The van der Waals surface area contributed by atoms with Crippen molar-refractivity contribution in [3.05, 3.63) is 47.5 Å². The first-order valence-electron chi connectivity index (χ1n) is 7.74. The highest BCUT2D eigenvalue weighted by Gasteiger charge is 2.07. The summed E-state index contributed by atoms with van der Waals surface area (Å²) in [5, 5.41) is 5.77. The highest BCUT2D eigenvalue weighted by atomic mass is 35.5. The van der Waals surface area contributed by atoms with Crippen LogP contribution in [-0.2, 0) is 0 Å². The Labute approximate surface area is 157 Å². The molecule has 0 aliphatic carbocycles. The van der Waals surface area contributed by atoms with E-state index in [9.17, 15) is 4.79 Å². The van der Waals surface area contributed by atoms with Gasteiger partial charge in [-0.15, -0.1) is 0 Å². The van der Waals surface area contributed by atoms with Crippen LogP contribution in [0.25, 0.3) is 0 Å². The minimum absolute atomic E-state index is 0.171. The lowest BCUT2D eigenvalue weighted by molar-refractivity contribution is 0.253. The smallest absolute Gasteiger partial charge is 0.320 e. The summed E-state index contributed by atoms with van der Waals surface area (Å²) in [7, 11) is 3.09. The second-order valence-corrected chi connectivity index (χ2v) is 5.38. The van der Waals surface area contributed by atoms with Crippen molar-refractivity contribution in [1.82, 2.24) is 5.32 Å². The molecular weight excluding hydrogens is 356 g/mol. The van der Waals surface area contributed by atoms with Gasteiger partial charge in [0.15, 0.2) is 11.5 Å². The van der Waals surface area contributed by atoms with Crippen LogP contribution in [0.2, 0.25) is 5.02 Å². The number of halogens is 1. The predicted octanol–water partition coefficient (Wildman–Crippen LogP) is 3.56. The molecule has 7 heteroatoms. The third-order valence-electron chi connectivity index (χ3n) is 3.24. The van der Waals surface area contributed by atoms with E-state index in [1.807, 2.05) is 12.1 Å². The number of nitrogens with one attached hydrogen (secondary N) is 2. The highest BCUT2D eigenvalue weighted by molar-refractivity contribution is 6.31. The van der Waals surface area contributed by atoms with Gasteiger partial charge in [-0.2, -0.15) is 0 Å². The molecule has 0 aliphatic rings. The zero-order chi connectivity index (χ0) is 18.8. The summed E-state index contributed by atoms with van der Waals surface area (Å²) in [5.41, 5.74) is 0.477. The maximum atomic E-state index is 11.9. The van der Waals surface area contributed by atoms with Crippen molar-refractivity contribution in [2.45, 2.75) is 0 Å². The van der Waals surface area contributed by atoms with Gasteiger partial charge in [0.05, 0.1) is 26.5 Å². The molecule has 0 atom stereocenters. The predicted molar refractivity (Wildman–Crippen MR) is 101 cm³/mol. The van der Waals surface area contributed by atoms with Crippen LogP contribution in [-0.4, -0.2) is 33.4 Å². The van der Waals surface area contributed by atoms with Crippen molar-refractivity contribution in [3.63, 3.8) is 0 Å². The van der Waals surface area contributed by atoms with Gasteiger partial charge in [-0.3, -0.25) is 0 Å². The van der Waals surface area contributed by atoms with Gasteiger partial charge < -0.3 is 24.8 Å². The van der Waals surface area contributed by atoms with Gasteiger partial charge in [0.1, 0.15) is 12.4 Å². The van der Waals surface area contributed by atoms with E-state index in [2.05, 4.69) is 22.5 Å². The van der Waals surface area contributed by atoms with Gasteiger partial charge in [-0.1, -0.05) is 35.6 Å². The maximum Gasteiger partial charge on any atom is 0.320 e. The van der Waals surface area contributed by atoms with Gasteiger partial charge in [0, 0.05) is 5.02 Å². The van der Waals surface area contributed by atoms with Gasteiger partial charge in [-0.25, -0.2) is 4.79 Å². The molecule has 0 aliphatic heterocycles. The van der Waals surface area contributed by atoms with E-state index in [-0.39, 0.29) is 13.2 Å². The van der Waals surface area contributed by atoms with Gasteiger partial charge >= 0.3 is 6.03 Å². The van der Waals surface area contributed by atoms with E-state index in [0.29, 0.717) is 28.0 Å². The van der Waals surface area contributed by atoms with E-state index in [1.165, 1.54) is 7.11 Å². The second-order valence-electron chi connectivity index (χ2n) is 4.95. The molecular formula is C19H19ClN2O4. The van der Waals surface area contributed by atoms with Crippen LogP contribution in [0.3, 0.4) is 0 Å². The zero-order valence-corrected chi connectivity index (χ0v) is 15.2. The average Bonchev–Trinajstić information content (AvgIpc) is 2.65. The zero-order valence-electron chi connectivity index (χ0n) is 14.5. The molecule has 2 rings (SSSR count). The molecule has 0 fully saturated rings. The Kier molecular flexibility index (Phi) is 7.47. The summed E-state index contributed by atoms with van der Waals surface area (Å²) in [6.07, 6.45) is 0. The summed E-state index contributed by atoms with van der Waals surface area (Å²) < 4.78 is 15.9. The van der Waals surface area contributed by atoms with Gasteiger partial charge in [-0.05, 0) is 30.3 Å². The van der Waals surface area contributed by atoms with Crippen LogP contribution < -0.4 is 24.8 Å². The lowest BCUT2D eigenvalue weighted by atomic mass is 10.3. The number of ether oxygens (including phenoxy) is 3. The summed E-state index contributed by atoms with van der Waals surface area (Å²) in [5.74, 6) is 7.39. The minimum atomic E-state index is -0.412. The Balaban J connectivity index is 1.77. The molecule has 2 amide bonds. The van der Waals surface area contributed by atoms with Crippen LogP contribution >= 0.6 is 11.6 Å². The number of para-hydroxylation sites is 2. The van der Waals surface area contributed by atoms with Crippen molar-refractivity contribution in [2.24, 2.45) is 0 Å². The minimum Gasteiger partial charge on any atom is -0.495 e. The van der Waals surface area contributed by atoms with E-state index in [1.54, 1.807) is 37.4 Å². The Morgan fingerprint density at radius 2 is 1.77 bits per heavy atom. The van der Waals surface area contributed by atoms with Crippen LogP contribution in [0.15, 0.2) is 42.5 Å².